The highest BCUT2D eigenvalue weighted by atomic mass is 16.5. The zero-order chi connectivity index (χ0) is 17.7. The highest BCUT2D eigenvalue weighted by molar-refractivity contribution is 5.88. The number of aromatic carboxylic acids is 1. The Hall–Kier alpha value is -2.49. The van der Waals surface area contributed by atoms with Gasteiger partial charge in [-0.15, -0.1) is 0 Å². The third-order valence-corrected chi connectivity index (χ3v) is 3.69. The molecule has 24 heavy (non-hydrogen) atoms. The van der Waals surface area contributed by atoms with Gasteiger partial charge in [0.1, 0.15) is 18.1 Å². The molecule has 0 saturated carbocycles. The van der Waals surface area contributed by atoms with Gasteiger partial charge in [-0.1, -0.05) is 39.0 Å². The molecule has 0 fully saturated rings. The third-order valence-electron chi connectivity index (χ3n) is 3.69. The molecule has 0 atom stereocenters. The minimum absolute atomic E-state index is 0.0394. The van der Waals surface area contributed by atoms with Crippen molar-refractivity contribution in [1.29, 1.82) is 0 Å². The second-order valence-electron chi connectivity index (χ2n) is 6.60. The molecule has 0 aromatic heterocycles. The van der Waals surface area contributed by atoms with Crippen LogP contribution in [-0.4, -0.2) is 17.7 Å². The first-order valence-electron chi connectivity index (χ1n) is 8.04. The average Bonchev–Trinajstić information content (AvgIpc) is 2.53. The van der Waals surface area contributed by atoms with E-state index in [-0.39, 0.29) is 17.6 Å². The number of benzene rings is 2. The van der Waals surface area contributed by atoms with Gasteiger partial charge in [0.25, 0.3) is 0 Å². The average molecular weight is 328 g/mol. The number of para-hydroxylation sites is 1. The van der Waals surface area contributed by atoms with Gasteiger partial charge in [-0.25, -0.2) is 4.79 Å². The molecule has 4 heteroatoms. The van der Waals surface area contributed by atoms with Crippen molar-refractivity contribution in [3.8, 4) is 11.5 Å². The lowest BCUT2D eigenvalue weighted by atomic mass is 9.86. The number of carbonyl (C=O) groups is 1. The smallest absolute Gasteiger partial charge is 0.335 e. The molecule has 0 radical (unpaired) electrons. The Kier molecular flexibility index (Phi) is 5.50. The van der Waals surface area contributed by atoms with E-state index >= 15 is 0 Å². The number of carboxylic acids is 1. The van der Waals surface area contributed by atoms with Gasteiger partial charge in [0, 0.05) is 5.56 Å². The van der Waals surface area contributed by atoms with Crippen molar-refractivity contribution >= 4 is 5.97 Å². The molecular weight excluding hydrogens is 304 g/mol. The van der Waals surface area contributed by atoms with Gasteiger partial charge < -0.3 is 14.6 Å². The fraction of sp³-hybridized carbons (Fsp3) is 0.350. The van der Waals surface area contributed by atoms with Gasteiger partial charge in [0.2, 0.25) is 0 Å². The van der Waals surface area contributed by atoms with Gasteiger partial charge in [0.05, 0.1) is 12.2 Å². The summed E-state index contributed by atoms with van der Waals surface area (Å²) in [6.07, 6.45) is 0. The van der Waals surface area contributed by atoms with Gasteiger partial charge in [-0.3, -0.25) is 0 Å². The van der Waals surface area contributed by atoms with Crippen LogP contribution in [-0.2, 0) is 12.0 Å². The van der Waals surface area contributed by atoms with E-state index in [1.165, 1.54) is 0 Å². The van der Waals surface area contributed by atoms with E-state index in [9.17, 15) is 9.90 Å². The molecule has 0 amide bonds. The molecule has 0 aliphatic rings. The van der Waals surface area contributed by atoms with Gasteiger partial charge in [0.15, 0.2) is 0 Å². The van der Waals surface area contributed by atoms with Gasteiger partial charge >= 0.3 is 5.97 Å². The maximum absolute atomic E-state index is 11.2. The molecule has 1 N–H and O–H groups in total. The Bertz CT molecular complexity index is 714. The number of hydrogen-bond donors (Lipinski definition) is 1. The summed E-state index contributed by atoms with van der Waals surface area (Å²) in [6.45, 7) is 9.05. The second kappa shape index (κ2) is 7.39. The van der Waals surface area contributed by atoms with Crippen LogP contribution in [0.4, 0.5) is 0 Å². The summed E-state index contributed by atoms with van der Waals surface area (Å²) in [5.41, 5.74) is 2.02. The highest BCUT2D eigenvalue weighted by Gasteiger charge is 2.19. The summed E-state index contributed by atoms with van der Waals surface area (Å²) in [5.74, 6) is 0.485. The molecule has 0 bridgehead atoms. The number of ether oxygens (including phenoxy) is 2. The van der Waals surface area contributed by atoms with E-state index in [2.05, 4.69) is 20.8 Å². The van der Waals surface area contributed by atoms with Crippen molar-refractivity contribution in [3.05, 3.63) is 59.2 Å². The highest BCUT2D eigenvalue weighted by Crippen LogP contribution is 2.32. The molecule has 4 nitrogen and oxygen atoms in total. The van der Waals surface area contributed by atoms with Crippen LogP contribution in [0, 0.1) is 0 Å². The maximum atomic E-state index is 11.2. The maximum Gasteiger partial charge on any atom is 0.335 e. The Morgan fingerprint density at radius 3 is 2.38 bits per heavy atom. The van der Waals surface area contributed by atoms with Crippen molar-refractivity contribution in [1.82, 2.24) is 0 Å². The summed E-state index contributed by atoms with van der Waals surface area (Å²) in [6, 6.07) is 12.7. The molecule has 0 heterocycles. The summed E-state index contributed by atoms with van der Waals surface area (Å²) < 4.78 is 11.6. The monoisotopic (exact) mass is 328 g/mol. The Morgan fingerprint density at radius 2 is 1.75 bits per heavy atom. The van der Waals surface area contributed by atoms with Crippen LogP contribution in [0.2, 0.25) is 0 Å². The molecule has 0 spiro atoms. The van der Waals surface area contributed by atoms with Crippen molar-refractivity contribution in [2.45, 2.75) is 39.7 Å². The Morgan fingerprint density at radius 1 is 1.04 bits per heavy atom. The molecule has 2 aromatic rings. The summed E-state index contributed by atoms with van der Waals surface area (Å²) in [5, 5.41) is 9.18. The molecule has 0 saturated heterocycles. The number of rotatable bonds is 6. The number of carboxylic acid groups (broad SMARTS) is 1. The first-order chi connectivity index (χ1) is 11.3. The Balaban J connectivity index is 2.29. The molecule has 2 aromatic carbocycles. The normalized spacial score (nSPS) is 11.2. The first-order valence-corrected chi connectivity index (χ1v) is 8.04. The fourth-order valence-corrected chi connectivity index (χ4v) is 2.49. The van der Waals surface area contributed by atoms with Crippen molar-refractivity contribution in [3.63, 3.8) is 0 Å². The van der Waals surface area contributed by atoms with Crippen LogP contribution in [0.15, 0.2) is 42.5 Å². The van der Waals surface area contributed by atoms with Crippen LogP contribution in [0.3, 0.4) is 0 Å². The lowest BCUT2D eigenvalue weighted by molar-refractivity contribution is 0.0696. The van der Waals surface area contributed by atoms with Crippen molar-refractivity contribution < 1.29 is 19.4 Å². The van der Waals surface area contributed by atoms with Crippen LogP contribution < -0.4 is 9.47 Å². The minimum atomic E-state index is -0.964. The Labute approximate surface area is 143 Å². The minimum Gasteiger partial charge on any atom is -0.493 e. The van der Waals surface area contributed by atoms with E-state index in [0.29, 0.717) is 12.4 Å². The van der Waals surface area contributed by atoms with E-state index in [4.69, 9.17) is 9.47 Å². The molecule has 2 rings (SSSR count). The zero-order valence-electron chi connectivity index (χ0n) is 14.6. The molecule has 128 valence electrons. The summed E-state index contributed by atoms with van der Waals surface area (Å²) in [4.78, 5) is 11.2. The number of hydrogen-bond acceptors (Lipinski definition) is 3. The standard InChI is InChI=1S/C20H24O4/c1-5-23-17-11-10-14(19(21)22)12-15(17)13-24-18-9-7-6-8-16(18)20(2,3)4/h6-12H,5,13H2,1-4H3,(H,21,22). The quantitative estimate of drug-likeness (QED) is 0.838. The van der Waals surface area contributed by atoms with Crippen LogP contribution in [0.1, 0.15) is 49.2 Å². The third kappa shape index (κ3) is 4.28. The first kappa shape index (κ1) is 17.9. The van der Waals surface area contributed by atoms with Crippen molar-refractivity contribution in [2.24, 2.45) is 0 Å². The predicted molar refractivity (Wildman–Crippen MR) is 94.0 cm³/mol. The molecule has 0 aliphatic carbocycles. The van der Waals surface area contributed by atoms with Crippen LogP contribution >= 0.6 is 0 Å². The zero-order valence-corrected chi connectivity index (χ0v) is 14.6. The SMILES string of the molecule is CCOc1ccc(C(=O)O)cc1COc1ccccc1C(C)(C)C. The van der Waals surface area contributed by atoms with Gasteiger partial charge in [-0.05, 0) is 42.2 Å². The molecule has 0 aliphatic heterocycles. The molecular formula is C20H24O4. The van der Waals surface area contributed by atoms with E-state index in [0.717, 1.165) is 16.9 Å². The second-order valence-corrected chi connectivity index (χ2v) is 6.60. The van der Waals surface area contributed by atoms with Crippen LogP contribution in [0.25, 0.3) is 0 Å². The van der Waals surface area contributed by atoms with Gasteiger partial charge in [-0.2, -0.15) is 0 Å². The lowest BCUT2D eigenvalue weighted by Gasteiger charge is -2.23. The largest absolute Gasteiger partial charge is 0.493 e. The van der Waals surface area contributed by atoms with E-state index < -0.39 is 5.97 Å². The van der Waals surface area contributed by atoms with E-state index in [1.54, 1.807) is 18.2 Å². The summed E-state index contributed by atoms with van der Waals surface area (Å²) >= 11 is 0. The molecule has 0 unspecified atom stereocenters. The summed E-state index contributed by atoms with van der Waals surface area (Å²) in [7, 11) is 0. The van der Waals surface area contributed by atoms with E-state index in [1.807, 2.05) is 31.2 Å². The van der Waals surface area contributed by atoms with Crippen LogP contribution in [0.5, 0.6) is 11.5 Å². The lowest BCUT2D eigenvalue weighted by Crippen LogP contribution is -2.13. The topological polar surface area (TPSA) is 55.8 Å². The predicted octanol–water partition coefficient (Wildman–Crippen LogP) is 4.66. The van der Waals surface area contributed by atoms with Crippen molar-refractivity contribution in [2.75, 3.05) is 6.61 Å². The fourth-order valence-electron chi connectivity index (χ4n) is 2.49.